The molecule has 0 spiro atoms. The molecule has 0 aliphatic carbocycles. The average Bonchev–Trinajstić information content (AvgIpc) is 2.39. The summed E-state index contributed by atoms with van der Waals surface area (Å²) in [6.07, 6.45) is 4.84. The average molecular weight is 231 g/mol. The van der Waals surface area contributed by atoms with Gasteiger partial charge in [0, 0.05) is 18.7 Å². The van der Waals surface area contributed by atoms with Crippen LogP contribution in [0, 0.1) is 0 Å². The van der Waals surface area contributed by atoms with Gasteiger partial charge in [-0.25, -0.2) is 4.79 Å². The van der Waals surface area contributed by atoms with Crippen LogP contribution >= 0.6 is 0 Å². The molecule has 1 heterocycles. The molecular formula is C13H13NO3. The van der Waals surface area contributed by atoms with Crippen LogP contribution in [-0.2, 0) is 0 Å². The highest BCUT2D eigenvalue weighted by atomic mass is 16.4. The van der Waals surface area contributed by atoms with Gasteiger partial charge in [0.05, 0.1) is 5.56 Å². The van der Waals surface area contributed by atoms with Gasteiger partial charge < -0.3 is 10.0 Å². The zero-order chi connectivity index (χ0) is 12.3. The van der Waals surface area contributed by atoms with Crippen LogP contribution in [0.1, 0.15) is 27.1 Å². The number of hydrogen-bond acceptors (Lipinski definition) is 2. The lowest BCUT2D eigenvalue weighted by molar-refractivity contribution is 0.0697. The first kappa shape index (κ1) is 11.4. The van der Waals surface area contributed by atoms with Gasteiger partial charge in [-0.2, -0.15) is 0 Å². The number of aromatic carboxylic acids is 1. The van der Waals surface area contributed by atoms with Gasteiger partial charge >= 0.3 is 5.97 Å². The summed E-state index contributed by atoms with van der Waals surface area (Å²) >= 11 is 0. The molecule has 2 rings (SSSR count). The highest BCUT2D eigenvalue weighted by Crippen LogP contribution is 2.11. The van der Waals surface area contributed by atoms with E-state index in [2.05, 4.69) is 0 Å². The maximum Gasteiger partial charge on any atom is 0.335 e. The van der Waals surface area contributed by atoms with Crippen molar-refractivity contribution in [2.24, 2.45) is 0 Å². The van der Waals surface area contributed by atoms with Gasteiger partial charge in [0.25, 0.3) is 5.91 Å². The standard InChI is InChI=1S/C13H13NO3/c15-12(14-7-2-1-3-8-14)10-5-4-6-11(9-10)13(16)17/h1-2,4-6,9H,3,7-8H2,(H,16,17). The largest absolute Gasteiger partial charge is 0.478 e. The summed E-state index contributed by atoms with van der Waals surface area (Å²) in [7, 11) is 0. The van der Waals surface area contributed by atoms with E-state index < -0.39 is 5.97 Å². The van der Waals surface area contributed by atoms with Gasteiger partial charge in [-0.15, -0.1) is 0 Å². The molecule has 1 N–H and O–H groups in total. The minimum atomic E-state index is -1.02. The van der Waals surface area contributed by atoms with Crippen LogP contribution in [0.25, 0.3) is 0 Å². The summed E-state index contributed by atoms with van der Waals surface area (Å²) in [6, 6.07) is 6.14. The molecule has 0 aromatic heterocycles. The molecule has 0 saturated heterocycles. The number of hydrogen-bond donors (Lipinski definition) is 1. The third-order valence-electron chi connectivity index (χ3n) is 2.70. The van der Waals surface area contributed by atoms with Crippen LogP contribution in [0.4, 0.5) is 0 Å². The van der Waals surface area contributed by atoms with Gasteiger partial charge in [0.1, 0.15) is 0 Å². The predicted octanol–water partition coefficient (Wildman–Crippen LogP) is 1.79. The molecular weight excluding hydrogens is 218 g/mol. The van der Waals surface area contributed by atoms with E-state index in [1.165, 1.54) is 12.1 Å². The third kappa shape index (κ3) is 2.53. The molecule has 0 saturated carbocycles. The van der Waals surface area contributed by atoms with E-state index in [0.717, 1.165) is 6.42 Å². The van der Waals surface area contributed by atoms with E-state index in [1.54, 1.807) is 17.0 Å². The second-order valence-electron chi connectivity index (χ2n) is 3.90. The van der Waals surface area contributed by atoms with Crippen LogP contribution in [0.15, 0.2) is 36.4 Å². The Kier molecular flexibility index (Phi) is 3.23. The van der Waals surface area contributed by atoms with Crippen LogP contribution in [0.2, 0.25) is 0 Å². The number of nitrogens with zero attached hydrogens (tertiary/aromatic N) is 1. The van der Waals surface area contributed by atoms with Crippen molar-refractivity contribution in [2.75, 3.05) is 13.1 Å². The zero-order valence-corrected chi connectivity index (χ0v) is 9.30. The van der Waals surface area contributed by atoms with E-state index in [4.69, 9.17) is 5.11 Å². The number of carboxylic acid groups (broad SMARTS) is 1. The Labute approximate surface area is 99.2 Å². The normalized spacial score (nSPS) is 14.7. The maximum absolute atomic E-state index is 12.1. The monoisotopic (exact) mass is 231 g/mol. The molecule has 1 aromatic rings. The molecule has 4 heteroatoms. The minimum absolute atomic E-state index is 0.113. The van der Waals surface area contributed by atoms with E-state index in [1.807, 2.05) is 12.2 Å². The number of rotatable bonds is 2. The third-order valence-corrected chi connectivity index (χ3v) is 2.70. The van der Waals surface area contributed by atoms with Crippen molar-refractivity contribution in [3.8, 4) is 0 Å². The van der Waals surface area contributed by atoms with Crippen molar-refractivity contribution in [1.29, 1.82) is 0 Å². The van der Waals surface area contributed by atoms with Crippen LogP contribution in [-0.4, -0.2) is 35.0 Å². The Morgan fingerprint density at radius 3 is 2.59 bits per heavy atom. The van der Waals surface area contributed by atoms with Gasteiger partial charge in [-0.05, 0) is 24.6 Å². The predicted molar refractivity (Wildman–Crippen MR) is 63.1 cm³/mol. The Morgan fingerprint density at radius 1 is 1.18 bits per heavy atom. The zero-order valence-electron chi connectivity index (χ0n) is 9.30. The fraction of sp³-hybridized carbons (Fsp3) is 0.231. The molecule has 1 aromatic carbocycles. The highest BCUT2D eigenvalue weighted by Gasteiger charge is 2.16. The summed E-state index contributed by atoms with van der Waals surface area (Å²) in [5.74, 6) is -1.13. The first-order chi connectivity index (χ1) is 8.18. The summed E-state index contributed by atoms with van der Waals surface area (Å²) in [4.78, 5) is 24.6. The number of amides is 1. The van der Waals surface area contributed by atoms with E-state index in [0.29, 0.717) is 18.7 Å². The molecule has 1 aliphatic heterocycles. The highest BCUT2D eigenvalue weighted by molar-refractivity contribution is 5.97. The molecule has 17 heavy (non-hydrogen) atoms. The summed E-state index contributed by atoms with van der Waals surface area (Å²) in [5.41, 5.74) is 0.573. The summed E-state index contributed by atoms with van der Waals surface area (Å²) in [5, 5.41) is 8.87. The van der Waals surface area contributed by atoms with Gasteiger partial charge in [-0.1, -0.05) is 18.2 Å². The first-order valence-electron chi connectivity index (χ1n) is 5.46. The summed E-state index contributed by atoms with van der Waals surface area (Å²) in [6.45, 7) is 1.28. The van der Waals surface area contributed by atoms with Crippen molar-refractivity contribution >= 4 is 11.9 Å². The lowest BCUT2D eigenvalue weighted by Crippen LogP contribution is -2.33. The first-order valence-corrected chi connectivity index (χ1v) is 5.46. The number of carboxylic acids is 1. The number of carbonyl (C=O) groups excluding carboxylic acids is 1. The van der Waals surface area contributed by atoms with Crippen molar-refractivity contribution in [3.63, 3.8) is 0 Å². The fourth-order valence-corrected chi connectivity index (χ4v) is 1.79. The Balaban J connectivity index is 2.21. The number of carbonyl (C=O) groups is 2. The minimum Gasteiger partial charge on any atom is -0.478 e. The Bertz CT molecular complexity index is 479. The fourth-order valence-electron chi connectivity index (χ4n) is 1.79. The van der Waals surface area contributed by atoms with Crippen molar-refractivity contribution < 1.29 is 14.7 Å². The molecule has 0 bridgehead atoms. The van der Waals surface area contributed by atoms with Gasteiger partial charge in [-0.3, -0.25) is 4.79 Å². The Morgan fingerprint density at radius 2 is 1.94 bits per heavy atom. The maximum atomic E-state index is 12.1. The molecule has 0 radical (unpaired) electrons. The van der Waals surface area contributed by atoms with Crippen LogP contribution < -0.4 is 0 Å². The molecule has 88 valence electrons. The SMILES string of the molecule is O=C(O)c1cccc(C(=O)N2CC=CCC2)c1. The van der Waals surface area contributed by atoms with E-state index in [-0.39, 0.29) is 11.5 Å². The van der Waals surface area contributed by atoms with Crippen molar-refractivity contribution in [2.45, 2.75) is 6.42 Å². The topological polar surface area (TPSA) is 57.6 Å². The molecule has 0 atom stereocenters. The lowest BCUT2D eigenvalue weighted by Gasteiger charge is -2.23. The lowest BCUT2D eigenvalue weighted by atomic mass is 10.1. The molecule has 1 amide bonds. The smallest absolute Gasteiger partial charge is 0.335 e. The van der Waals surface area contributed by atoms with Gasteiger partial charge in [0.2, 0.25) is 0 Å². The van der Waals surface area contributed by atoms with Crippen LogP contribution in [0.3, 0.4) is 0 Å². The van der Waals surface area contributed by atoms with Crippen molar-refractivity contribution in [3.05, 3.63) is 47.5 Å². The number of benzene rings is 1. The second kappa shape index (κ2) is 4.82. The molecule has 4 nitrogen and oxygen atoms in total. The second-order valence-corrected chi connectivity index (χ2v) is 3.90. The molecule has 0 unspecified atom stereocenters. The quantitative estimate of drug-likeness (QED) is 0.789. The van der Waals surface area contributed by atoms with Crippen molar-refractivity contribution in [1.82, 2.24) is 4.90 Å². The van der Waals surface area contributed by atoms with Gasteiger partial charge in [0.15, 0.2) is 0 Å². The van der Waals surface area contributed by atoms with E-state index in [9.17, 15) is 9.59 Å². The van der Waals surface area contributed by atoms with E-state index >= 15 is 0 Å². The molecule has 1 aliphatic rings. The Hall–Kier alpha value is -2.10. The summed E-state index contributed by atoms with van der Waals surface area (Å²) < 4.78 is 0. The molecule has 0 fully saturated rings. The van der Waals surface area contributed by atoms with Crippen LogP contribution in [0.5, 0.6) is 0 Å².